The lowest BCUT2D eigenvalue weighted by molar-refractivity contribution is -0.121. The molecule has 94 valence electrons. The van der Waals surface area contributed by atoms with Crippen molar-refractivity contribution in [3.05, 3.63) is 0 Å². The van der Waals surface area contributed by atoms with Crippen LogP contribution in [0.5, 0.6) is 0 Å². The summed E-state index contributed by atoms with van der Waals surface area (Å²) in [6.45, 7) is 4.57. The van der Waals surface area contributed by atoms with Crippen molar-refractivity contribution < 1.29 is 13.2 Å². The highest BCUT2D eigenvalue weighted by Gasteiger charge is 2.32. The van der Waals surface area contributed by atoms with Gasteiger partial charge < -0.3 is 0 Å². The highest BCUT2D eigenvalue weighted by Crippen LogP contribution is 2.36. The summed E-state index contributed by atoms with van der Waals surface area (Å²) in [5.74, 6) is 0.766. The number of carbonyl (C=O) groups is 1. The van der Waals surface area contributed by atoms with Crippen molar-refractivity contribution in [1.82, 2.24) is 4.72 Å². The van der Waals surface area contributed by atoms with Crippen LogP contribution in [0.3, 0.4) is 0 Å². The second kappa shape index (κ2) is 4.84. The van der Waals surface area contributed by atoms with Crippen molar-refractivity contribution in [3.8, 4) is 0 Å². The fourth-order valence-corrected chi connectivity index (χ4v) is 2.82. The van der Waals surface area contributed by atoms with E-state index in [4.69, 9.17) is 0 Å². The summed E-state index contributed by atoms with van der Waals surface area (Å²) in [6, 6.07) is 0. The number of nitrogens with one attached hydrogen (secondary N) is 1. The minimum atomic E-state index is -3.12. The first-order chi connectivity index (χ1) is 7.21. The maximum Gasteiger partial charge on any atom is 0.208 e. The lowest BCUT2D eigenvalue weighted by atomic mass is 9.71. The molecule has 1 aliphatic rings. The summed E-state index contributed by atoms with van der Waals surface area (Å²) in [4.78, 5) is 11.1. The maximum absolute atomic E-state index is 11.1. The molecule has 0 spiro atoms. The van der Waals surface area contributed by atoms with Gasteiger partial charge in [0.1, 0.15) is 5.78 Å². The van der Waals surface area contributed by atoms with Crippen molar-refractivity contribution in [2.24, 2.45) is 11.3 Å². The fourth-order valence-electron chi connectivity index (χ4n) is 2.18. The van der Waals surface area contributed by atoms with Gasteiger partial charge in [0.05, 0.1) is 6.26 Å². The number of Topliss-reactive ketones (excluding diaryl/α,β-unsaturated/α-hetero) is 1. The molecule has 1 fully saturated rings. The van der Waals surface area contributed by atoms with Crippen LogP contribution in [0.15, 0.2) is 0 Å². The van der Waals surface area contributed by atoms with Crippen molar-refractivity contribution in [2.45, 2.75) is 39.5 Å². The van der Waals surface area contributed by atoms with E-state index in [-0.39, 0.29) is 5.41 Å². The van der Waals surface area contributed by atoms with Gasteiger partial charge in [-0.25, -0.2) is 13.1 Å². The summed E-state index contributed by atoms with van der Waals surface area (Å²) in [6.07, 6.45) is 4.24. The zero-order valence-corrected chi connectivity index (χ0v) is 11.1. The van der Waals surface area contributed by atoms with Gasteiger partial charge in [-0.15, -0.1) is 0 Å². The van der Waals surface area contributed by atoms with Crippen molar-refractivity contribution in [3.63, 3.8) is 0 Å². The Balaban J connectivity index is 2.53. The highest BCUT2D eigenvalue weighted by atomic mass is 32.2. The lowest BCUT2D eigenvalue weighted by Gasteiger charge is -2.36. The van der Waals surface area contributed by atoms with E-state index >= 15 is 0 Å². The summed E-state index contributed by atoms with van der Waals surface area (Å²) in [5.41, 5.74) is -0.0796. The lowest BCUT2D eigenvalue weighted by Crippen LogP contribution is -2.39. The molecule has 4 nitrogen and oxygen atoms in total. The van der Waals surface area contributed by atoms with E-state index in [1.165, 1.54) is 6.26 Å². The third kappa shape index (κ3) is 4.22. The van der Waals surface area contributed by atoms with Crippen LogP contribution in [0.1, 0.15) is 39.5 Å². The largest absolute Gasteiger partial charge is 0.300 e. The minimum Gasteiger partial charge on any atom is -0.300 e. The molecule has 5 heteroatoms. The normalized spacial score (nSPS) is 20.1. The van der Waals surface area contributed by atoms with Gasteiger partial charge in [-0.2, -0.15) is 0 Å². The Kier molecular flexibility index (Phi) is 4.12. The van der Waals surface area contributed by atoms with Gasteiger partial charge in [0.15, 0.2) is 0 Å². The van der Waals surface area contributed by atoms with Gasteiger partial charge in [0.25, 0.3) is 0 Å². The van der Waals surface area contributed by atoms with E-state index in [0.717, 1.165) is 12.8 Å². The van der Waals surface area contributed by atoms with E-state index < -0.39 is 10.0 Å². The molecule has 16 heavy (non-hydrogen) atoms. The molecule has 0 heterocycles. The molecule has 1 N–H and O–H groups in total. The minimum absolute atomic E-state index is 0.0796. The van der Waals surface area contributed by atoms with Gasteiger partial charge >= 0.3 is 0 Å². The summed E-state index contributed by atoms with van der Waals surface area (Å²) >= 11 is 0. The Morgan fingerprint density at radius 2 is 1.81 bits per heavy atom. The van der Waals surface area contributed by atoms with Gasteiger partial charge in [-0.05, 0) is 24.2 Å². The number of rotatable bonds is 4. The van der Waals surface area contributed by atoms with Gasteiger partial charge in [-0.3, -0.25) is 4.79 Å². The predicted molar refractivity (Wildman–Crippen MR) is 63.6 cm³/mol. The zero-order chi connectivity index (χ0) is 12.4. The monoisotopic (exact) mass is 247 g/mol. The van der Waals surface area contributed by atoms with E-state index in [0.29, 0.717) is 31.1 Å². The van der Waals surface area contributed by atoms with Gasteiger partial charge in [0.2, 0.25) is 10.0 Å². The molecule has 0 aromatic carbocycles. The zero-order valence-electron chi connectivity index (χ0n) is 10.2. The standard InChI is InChI=1S/C11H21NO3S/c1-11(2,8-12-16(3,14)15)9-4-6-10(13)7-5-9/h9,12H,4-8H2,1-3H3. The first kappa shape index (κ1) is 13.6. The van der Waals surface area contributed by atoms with E-state index in [9.17, 15) is 13.2 Å². The number of ketones is 1. The number of sulfonamides is 1. The molecule has 1 rings (SSSR count). The van der Waals surface area contributed by atoms with E-state index in [1.807, 2.05) is 0 Å². The van der Waals surface area contributed by atoms with Crippen molar-refractivity contribution >= 4 is 15.8 Å². The van der Waals surface area contributed by atoms with E-state index in [1.54, 1.807) is 0 Å². The molecule has 0 aromatic rings. The second-order valence-corrected chi connectivity index (χ2v) is 7.23. The summed E-state index contributed by atoms with van der Waals surface area (Å²) in [7, 11) is -3.12. The molecule has 0 aliphatic heterocycles. The molecule has 0 aromatic heterocycles. The van der Waals surface area contributed by atoms with Crippen LogP contribution in [0, 0.1) is 11.3 Å². The smallest absolute Gasteiger partial charge is 0.208 e. The van der Waals surface area contributed by atoms with Gasteiger partial charge in [-0.1, -0.05) is 13.8 Å². The molecule has 0 amide bonds. The van der Waals surface area contributed by atoms with Crippen LogP contribution in [0.25, 0.3) is 0 Å². The quantitative estimate of drug-likeness (QED) is 0.815. The van der Waals surface area contributed by atoms with Crippen molar-refractivity contribution in [1.29, 1.82) is 0 Å². The highest BCUT2D eigenvalue weighted by molar-refractivity contribution is 7.88. The molecule has 0 radical (unpaired) electrons. The predicted octanol–water partition coefficient (Wildman–Crippen LogP) is 1.32. The van der Waals surface area contributed by atoms with Crippen LogP contribution < -0.4 is 4.72 Å². The Bertz CT molecular complexity index is 349. The molecule has 1 saturated carbocycles. The number of hydrogen-bond acceptors (Lipinski definition) is 3. The molecular weight excluding hydrogens is 226 g/mol. The molecule has 1 aliphatic carbocycles. The van der Waals surface area contributed by atoms with Crippen LogP contribution in [0.4, 0.5) is 0 Å². The average molecular weight is 247 g/mol. The van der Waals surface area contributed by atoms with Gasteiger partial charge in [0, 0.05) is 19.4 Å². The first-order valence-electron chi connectivity index (χ1n) is 5.67. The van der Waals surface area contributed by atoms with Crippen molar-refractivity contribution in [2.75, 3.05) is 12.8 Å². The summed E-state index contributed by atoms with van der Waals surface area (Å²) in [5, 5.41) is 0. The van der Waals surface area contributed by atoms with Crippen LogP contribution in [0.2, 0.25) is 0 Å². The fraction of sp³-hybridized carbons (Fsp3) is 0.909. The SMILES string of the molecule is CC(C)(CNS(C)(=O)=O)C1CCC(=O)CC1. The Morgan fingerprint density at radius 1 is 1.31 bits per heavy atom. The second-order valence-electron chi connectivity index (χ2n) is 5.39. The summed E-state index contributed by atoms with van der Waals surface area (Å²) < 4.78 is 24.7. The Labute approximate surface area is 97.9 Å². The van der Waals surface area contributed by atoms with E-state index in [2.05, 4.69) is 18.6 Å². The third-order valence-electron chi connectivity index (χ3n) is 3.44. The Hall–Kier alpha value is -0.420. The molecular formula is C11H21NO3S. The average Bonchev–Trinajstić information content (AvgIpc) is 2.15. The number of hydrogen-bond donors (Lipinski definition) is 1. The molecule has 0 saturated heterocycles. The number of carbonyl (C=O) groups excluding carboxylic acids is 1. The molecule has 0 bridgehead atoms. The Morgan fingerprint density at radius 3 is 2.25 bits per heavy atom. The topological polar surface area (TPSA) is 63.2 Å². The van der Waals surface area contributed by atoms with Crippen LogP contribution in [-0.4, -0.2) is 27.0 Å². The third-order valence-corrected chi connectivity index (χ3v) is 4.11. The van der Waals surface area contributed by atoms with Crippen LogP contribution in [-0.2, 0) is 14.8 Å². The molecule has 0 unspecified atom stereocenters. The molecule has 0 atom stereocenters. The first-order valence-corrected chi connectivity index (χ1v) is 7.56. The maximum atomic E-state index is 11.1. The van der Waals surface area contributed by atoms with Crippen LogP contribution >= 0.6 is 0 Å².